The molecule has 2 aromatic heterocycles. The van der Waals surface area contributed by atoms with Gasteiger partial charge in [0.1, 0.15) is 0 Å². The normalized spacial score (nSPS) is 24.8. The van der Waals surface area contributed by atoms with Gasteiger partial charge in [-0.05, 0) is 31.2 Å². The van der Waals surface area contributed by atoms with E-state index in [0.717, 1.165) is 76.2 Å². The Kier molecular flexibility index (Phi) is 5.77. The fourth-order valence-corrected chi connectivity index (χ4v) is 5.59. The molecule has 2 N–H and O–H groups in total. The number of nitrogens with two attached hydrogens (primary N) is 1. The molecular formula is C23H32N6O2. The van der Waals surface area contributed by atoms with Crippen LogP contribution in [0.1, 0.15) is 42.0 Å². The zero-order chi connectivity index (χ0) is 21.4. The Morgan fingerprint density at radius 3 is 2.58 bits per heavy atom. The van der Waals surface area contributed by atoms with E-state index in [2.05, 4.69) is 36.5 Å². The zero-order valence-electron chi connectivity index (χ0n) is 18.2. The predicted molar refractivity (Wildman–Crippen MR) is 119 cm³/mol. The summed E-state index contributed by atoms with van der Waals surface area (Å²) in [5, 5.41) is 0. The molecule has 31 heavy (non-hydrogen) atoms. The van der Waals surface area contributed by atoms with Gasteiger partial charge in [-0.25, -0.2) is 9.97 Å². The molecule has 2 saturated heterocycles. The van der Waals surface area contributed by atoms with Gasteiger partial charge in [0.25, 0.3) is 5.56 Å². The quantitative estimate of drug-likeness (QED) is 0.777. The summed E-state index contributed by atoms with van der Waals surface area (Å²) in [5.41, 5.74) is 9.02. The molecule has 3 aliphatic rings. The van der Waals surface area contributed by atoms with E-state index in [-0.39, 0.29) is 5.56 Å². The maximum absolute atomic E-state index is 13.3. The van der Waals surface area contributed by atoms with E-state index >= 15 is 0 Å². The first-order valence-corrected chi connectivity index (χ1v) is 11.4. The number of ether oxygens (including phenoxy) is 1. The Balaban J connectivity index is 1.29. The molecule has 5 heterocycles. The number of fused-ring (bicyclic) bond motifs is 4. The third kappa shape index (κ3) is 4.37. The van der Waals surface area contributed by atoms with Crippen molar-refractivity contribution >= 4 is 5.95 Å². The second-order valence-corrected chi connectivity index (χ2v) is 9.35. The summed E-state index contributed by atoms with van der Waals surface area (Å²) in [6.45, 7) is 6.34. The molecule has 0 aliphatic carbocycles. The van der Waals surface area contributed by atoms with Crippen LogP contribution in [-0.2, 0) is 24.4 Å². The van der Waals surface area contributed by atoms with E-state index in [9.17, 15) is 4.79 Å². The van der Waals surface area contributed by atoms with Gasteiger partial charge in [-0.2, -0.15) is 0 Å². The Hall–Kier alpha value is -2.29. The Morgan fingerprint density at radius 1 is 1.06 bits per heavy atom. The third-order valence-corrected chi connectivity index (χ3v) is 7.15. The number of piperidine rings is 2. The number of hydrogen-bond acceptors (Lipinski definition) is 7. The number of pyridine rings is 1. The lowest BCUT2D eigenvalue weighted by molar-refractivity contribution is 0.0386. The SMILES string of the molecule is COC1CCN(Cc2ccc3n(c2=O)C[C@H]2C[C@@H]3CN(Cc3cnc(N)nc3)C2)CC1. The van der Waals surface area contributed by atoms with Gasteiger partial charge in [-0.15, -0.1) is 0 Å². The summed E-state index contributed by atoms with van der Waals surface area (Å²) in [6, 6.07) is 4.28. The summed E-state index contributed by atoms with van der Waals surface area (Å²) >= 11 is 0. The van der Waals surface area contributed by atoms with Crippen LogP contribution in [0.25, 0.3) is 0 Å². The number of aromatic nitrogens is 3. The topological polar surface area (TPSA) is 89.5 Å². The van der Waals surface area contributed by atoms with Crippen molar-refractivity contribution in [1.82, 2.24) is 24.3 Å². The highest BCUT2D eigenvalue weighted by Crippen LogP contribution is 2.35. The monoisotopic (exact) mass is 424 g/mol. The molecule has 2 fully saturated rings. The van der Waals surface area contributed by atoms with Crippen LogP contribution in [0.4, 0.5) is 5.95 Å². The highest BCUT2D eigenvalue weighted by molar-refractivity contribution is 5.23. The molecule has 166 valence electrons. The molecule has 2 bridgehead atoms. The minimum atomic E-state index is 0.210. The molecule has 2 atom stereocenters. The number of hydrogen-bond donors (Lipinski definition) is 1. The van der Waals surface area contributed by atoms with E-state index in [4.69, 9.17) is 10.5 Å². The first-order chi connectivity index (χ1) is 15.1. The molecule has 3 aliphatic heterocycles. The molecule has 0 unspecified atom stereocenters. The average Bonchev–Trinajstić information content (AvgIpc) is 2.78. The largest absolute Gasteiger partial charge is 0.381 e. The zero-order valence-corrected chi connectivity index (χ0v) is 18.2. The van der Waals surface area contributed by atoms with Crippen molar-refractivity contribution in [2.75, 3.05) is 39.0 Å². The van der Waals surface area contributed by atoms with E-state index in [0.29, 0.717) is 23.9 Å². The first kappa shape index (κ1) is 20.6. The molecule has 2 aromatic rings. The van der Waals surface area contributed by atoms with Crippen LogP contribution in [0.5, 0.6) is 0 Å². The van der Waals surface area contributed by atoms with Crippen molar-refractivity contribution in [3.8, 4) is 0 Å². The Morgan fingerprint density at radius 2 is 1.84 bits per heavy atom. The van der Waals surface area contributed by atoms with Gasteiger partial charge >= 0.3 is 0 Å². The second-order valence-electron chi connectivity index (χ2n) is 9.35. The van der Waals surface area contributed by atoms with Gasteiger partial charge in [0.2, 0.25) is 5.95 Å². The Labute approximate surface area is 183 Å². The molecule has 8 heteroatoms. The van der Waals surface area contributed by atoms with Crippen LogP contribution in [0.15, 0.2) is 29.3 Å². The van der Waals surface area contributed by atoms with Crippen LogP contribution in [0.3, 0.4) is 0 Å². The number of methoxy groups -OCH3 is 1. The van der Waals surface area contributed by atoms with E-state index in [1.807, 2.05) is 12.4 Å². The third-order valence-electron chi connectivity index (χ3n) is 7.15. The van der Waals surface area contributed by atoms with Gasteiger partial charge in [-0.3, -0.25) is 14.6 Å². The molecule has 5 rings (SSSR count). The molecule has 8 nitrogen and oxygen atoms in total. The summed E-state index contributed by atoms with van der Waals surface area (Å²) < 4.78 is 7.54. The van der Waals surface area contributed by atoms with Crippen molar-refractivity contribution in [2.24, 2.45) is 5.92 Å². The van der Waals surface area contributed by atoms with E-state index in [1.54, 1.807) is 7.11 Å². The fraction of sp³-hybridized carbons (Fsp3) is 0.609. The van der Waals surface area contributed by atoms with Gasteiger partial charge in [0.15, 0.2) is 0 Å². The lowest BCUT2D eigenvalue weighted by Gasteiger charge is -2.43. The smallest absolute Gasteiger partial charge is 0.255 e. The van der Waals surface area contributed by atoms with Crippen LogP contribution in [0, 0.1) is 5.92 Å². The van der Waals surface area contributed by atoms with Crippen molar-refractivity contribution in [3.05, 3.63) is 51.7 Å². The molecular weight excluding hydrogens is 392 g/mol. The highest BCUT2D eigenvalue weighted by atomic mass is 16.5. The van der Waals surface area contributed by atoms with Gasteiger partial charge in [0.05, 0.1) is 6.10 Å². The maximum atomic E-state index is 13.3. The number of anilines is 1. The summed E-state index contributed by atoms with van der Waals surface area (Å²) in [7, 11) is 1.79. The van der Waals surface area contributed by atoms with Crippen LogP contribution in [0.2, 0.25) is 0 Å². The van der Waals surface area contributed by atoms with E-state index in [1.165, 1.54) is 5.69 Å². The molecule has 0 amide bonds. The number of rotatable bonds is 5. The molecule has 0 radical (unpaired) electrons. The van der Waals surface area contributed by atoms with E-state index < -0.39 is 0 Å². The highest BCUT2D eigenvalue weighted by Gasteiger charge is 2.35. The van der Waals surface area contributed by atoms with Crippen LogP contribution < -0.4 is 11.3 Å². The summed E-state index contributed by atoms with van der Waals surface area (Å²) in [5.74, 6) is 1.22. The lowest BCUT2D eigenvalue weighted by Crippen LogP contribution is -2.47. The van der Waals surface area contributed by atoms with Gasteiger partial charge in [-0.1, -0.05) is 6.07 Å². The molecule has 0 saturated carbocycles. The standard InChI is InChI=1S/C23H32N6O2/c1-31-20-4-6-27(7-5-20)14-18-2-3-21-19-8-16(13-29(21)22(18)30)11-28(15-19)12-17-9-25-23(24)26-10-17/h2-3,9-10,16,19-20H,4-8,11-15H2,1H3,(H2,24,25,26)/t16-,19+/m0/s1. The van der Waals surface area contributed by atoms with Gasteiger partial charge < -0.3 is 15.0 Å². The summed E-state index contributed by atoms with van der Waals surface area (Å²) in [6.07, 6.45) is 7.24. The maximum Gasteiger partial charge on any atom is 0.255 e. The second kappa shape index (κ2) is 8.68. The fourth-order valence-electron chi connectivity index (χ4n) is 5.59. The number of nitrogen functional groups attached to an aromatic ring is 1. The molecule has 0 aromatic carbocycles. The van der Waals surface area contributed by atoms with Gasteiger partial charge in [0, 0.05) is 88.1 Å². The lowest BCUT2D eigenvalue weighted by atomic mass is 9.83. The summed E-state index contributed by atoms with van der Waals surface area (Å²) in [4.78, 5) is 26.4. The Bertz CT molecular complexity index is 967. The predicted octanol–water partition coefficient (Wildman–Crippen LogP) is 1.45. The van der Waals surface area contributed by atoms with Crippen molar-refractivity contribution in [1.29, 1.82) is 0 Å². The number of likely N-dealkylation sites (tertiary alicyclic amines) is 2. The molecule has 0 spiro atoms. The minimum Gasteiger partial charge on any atom is -0.381 e. The van der Waals surface area contributed by atoms with Crippen molar-refractivity contribution < 1.29 is 4.74 Å². The van der Waals surface area contributed by atoms with Crippen LogP contribution >= 0.6 is 0 Å². The van der Waals surface area contributed by atoms with Crippen LogP contribution in [-0.4, -0.2) is 63.7 Å². The van der Waals surface area contributed by atoms with Crippen molar-refractivity contribution in [2.45, 2.75) is 50.9 Å². The van der Waals surface area contributed by atoms with Crippen molar-refractivity contribution in [3.63, 3.8) is 0 Å². The number of nitrogens with zero attached hydrogens (tertiary/aromatic N) is 5. The first-order valence-electron chi connectivity index (χ1n) is 11.4. The average molecular weight is 425 g/mol. The minimum absolute atomic E-state index is 0.210.